The molecule has 1 aromatic heterocycles. The van der Waals surface area contributed by atoms with Gasteiger partial charge in [0, 0.05) is 19.1 Å². The van der Waals surface area contributed by atoms with E-state index in [9.17, 15) is 14.4 Å². The molecule has 0 radical (unpaired) electrons. The zero-order chi connectivity index (χ0) is 23.5. The molecule has 2 atom stereocenters. The highest BCUT2D eigenvalue weighted by atomic mass is 16.5. The second-order valence-corrected chi connectivity index (χ2v) is 9.90. The quantitative estimate of drug-likeness (QED) is 0.675. The van der Waals surface area contributed by atoms with E-state index in [-0.39, 0.29) is 29.6 Å². The first-order valence-corrected chi connectivity index (χ1v) is 12.2. The molecular weight excluding hydrogens is 420 g/mol. The van der Waals surface area contributed by atoms with Crippen molar-refractivity contribution in [3.05, 3.63) is 34.7 Å². The van der Waals surface area contributed by atoms with Crippen LogP contribution in [0.4, 0.5) is 4.79 Å². The number of nitrogens with zero attached hydrogens (tertiary/aromatic N) is 3. The molecule has 2 fully saturated rings. The minimum absolute atomic E-state index is 0.0245. The zero-order valence-corrected chi connectivity index (χ0v) is 20.0. The zero-order valence-electron chi connectivity index (χ0n) is 20.0. The van der Waals surface area contributed by atoms with Gasteiger partial charge in [0.15, 0.2) is 0 Å². The van der Waals surface area contributed by atoms with Crippen LogP contribution >= 0.6 is 0 Å². The maximum absolute atomic E-state index is 13.0. The van der Waals surface area contributed by atoms with Crippen LogP contribution in [0.1, 0.15) is 52.0 Å². The Kier molecular flexibility index (Phi) is 7.22. The number of ether oxygens (including phenoxy) is 1. The molecular formula is C25H36N4O4. The summed E-state index contributed by atoms with van der Waals surface area (Å²) < 4.78 is 7.83. The molecule has 1 amide bonds. The topological polar surface area (TPSA) is 85.6 Å². The number of amides is 1. The predicted octanol–water partition coefficient (Wildman–Crippen LogP) is 3.24. The molecule has 1 saturated heterocycles. The first-order chi connectivity index (χ1) is 15.9. The van der Waals surface area contributed by atoms with E-state index in [1.54, 1.807) is 4.57 Å². The number of likely N-dealkylation sites (tertiary alicyclic amines) is 1. The van der Waals surface area contributed by atoms with E-state index in [1.807, 2.05) is 38.1 Å². The summed E-state index contributed by atoms with van der Waals surface area (Å²) in [7, 11) is 1.47. The molecule has 1 saturated carbocycles. The highest BCUT2D eigenvalue weighted by Gasteiger charge is 2.32. The normalized spacial score (nSPS) is 22.2. The molecule has 0 bridgehead atoms. The van der Waals surface area contributed by atoms with Gasteiger partial charge >= 0.3 is 17.7 Å². The van der Waals surface area contributed by atoms with E-state index in [0.717, 1.165) is 57.3 Å². The molecule has 1 aliphatic carbocycles. The average Bonchev–Trinajstić information content (AvgIpc) is 3.39. The van der Waals surface area contributed by atoms with Crippen LogP contribution in [-0.2, 0) is 9.53 Å². The number of methoxy groups -OCH3 is 1. The Morgan fingerprint density at radius 2 is 1.76 bits per heavy atom. The van der Waals surface area contributed by atoms with Gasteiger partial charge in [-0.2, -0.15) is 0 Å². The molecule has 1 N–H and O–H groups in total. The SMILES string of the molecule is COC(=O)C1CCC(CN2CCC(CNC(=O)n3c(=O)n(C(C)C)c4ccccc43)CC2)C1. The average molecular weight is 457 g/mol. The molecule has 0 spiro atoms. The Morgan fingerprint density at radius 1 is 1.06 bits per heavy atom. The highest BCUT2D eigenvalue weighted by Crippen LogP contribution is 2.33. The van der Waals surface area contributed by atoms with E-state index in [2.05, 4.69) is 10.2 Å². The molecule has 1 aliphatic heterocycles. The van der Waals surface area contributed by atoms with E-state index in [4.69, 9.17) is 4.74 Å². The number of piperidine rings is 1. The molecule has 180 valence electrons. The van der Waals surface area contributed by atoms with Gasteiger partial charge in [-0.1, -0.05) is 12.1 Å². The maximum Gasteiger partial charge on any atom is 0.337 e. The lowest BCUT2D eigenvalue weighted by Gasteiger charge is -2.33. The summed E-state index contributed by atoms with van der Waals surface area (Å²) in [5, 5.41) is 3.01. The van der Waals surface area contributed by atoms with Crippen molar-refractivity contribution in [2.45, 2.75) is 52.0 Å². The van der Waals surface area contributed by atoms with Crippen molar-refractivity contribution in [1.82, 2.24) is 19.4 Å². The van der Waals surface area contributed by atoms with Gasteiger partial charge in [0.05, 0.1) is 24.1 Å². The minimum atomic E-state index is -0.349. The standard InChI is InChI=1S/C25H36N4O4/c1-17(2)28-21-6-4-5-7-22(21)29(25(28)32)24(31)26-15-18-10-12-27(13-11-18)16-19-8-9-20(14-19)23(30)33-3/h4-7,17-20H,8-16H2,1-3H3,(H,26,31). The number of hydrogen-bond donors (Lipinski definition) is 1. The summed E-state index contributed by atoms with van der Waals surface area (Å²) in [5.41, 5.74) is 1.13. The fraction of sp³-hybridized carbons (Fsp3) is 0.640. The van der Waals surface area contributed by atoms with Gasteiger partial charge < -0.3 is 15.0 Å². The van der Waals surface area contributed by atoms with Crippen molar-refractivity contribution in [2.75, 3.05) is 33.3 Å². The van der Waals surface area contributed by atoms with Gasteiger partial charge in [0.25, 0.3) is 0 Å². The van der Waals surface area contributed by atoms with Crippen molar-refractivity contribution in [1.29, 1.82) is 0 Å². The summed E-state index contributed by atoms with van der Waals surface area (Å²) >= 11 is 0. The number of hydrogen-bond acceptors (Lipinski definition) is 5. The number of imidazole rings is 1. The Hall–Kier alpha value is -2.61. The lowest BCUT2D eigenvalue weighted by molar-refractivity contribution is -0.145. The summed E-state index contributed by atoms with van der Waals surface area (Å²) in [6.45, 7) is 7.53. The Bertz CT molecular complexity index is 1050. The fourth-order valence-electron chi connectivity index (χ4n) is 5.54. The number of benzene rings is 1. The Morgan fingerprint density at radius 3 is 2.42 bits per heavy atom. The van der Waals surface area contributed by atoms with Crippen LogP contribution in [-0.4, -0.2) is 59.3 Å². The van der Waals surface area contributed by atoms with Crippen LogP contribution < -0.4 is 11.0 Å². The third-order valence-corrected chi connectivity index (χ3v) is 7.34. The molecule has 2 aliphatic rings. The molecule has 2 heterocycles. The van der Waals surface area contributed by atoms with Crippen molar-refractivity contribution >= 4 is 23.0 Å². The Labute approximate surface area is 194 Å². The number of carbonyl (C=O) groups excluding carboxylic acids is 2. The summed E-state index contributed by atoms with van der Waals surface area (Å²) in [6, 6.07) is 7.07. The summed E-state index contributed by atoms with van der Waals surface area (Å²) in [6.07, 6.45) is 5.01. The van der Waals surface area contributed by atoms with E-state index in [1.165, 1.54) is 11.7 Å². The predicted molar refractivity (Wildman–Crippen MR) is 127 cm³/mol. The second-order valence-electron chi connectivity index (χ2n) is 9.90. The van der Waals surface area contributed by atoms with Crippen LogP contribution in [0.5, 0.6) is 0 Å². The largest absolute Gasteiger partial charge is 0.469 e. The first-order valence-electron chi connectivity index (χ1n) is 12.2. The number of aromatic nitrogens is 2. The molecule has 33 heavy (non-hydrogen) atoms. The van der Waals surface area contributed by atoms with Gasteiger partial charge in [-0.25, -0.2) is 14.2 Å². The maximum atomic E-state index is 13.0. The van der Waals surface area contributed by atoms with Gasteiger partial charge in [-0.15, -0.1) is 0 Å². The lowest BCUT2D eigenvalue weighted by Crippen LogP contribution is -2.43. The number of esters is 1. The van der Waals surface area contributed by atoms with Gasteiger partial charge in [0.1, 0.15) is 0 Å². The second kappa shape index (κ2) is 10.1. The lowest BCUT2D eigenvalue weighted by atomic mass is 9.95. The molecule has 2 unspecified atom stereocenters. The fourth-order valence-corrected chi connectivity index (χ4v) is 5.54. The summed E-state index contributed by atoms with van der Waals surface area (Å²) in [5.74, 6) is 0.974. The first kappa shape index (κ1) is 23.5. The van der Waals surface area contributed by atoms with E-state index >= 15 is 0 Å². The van der Waals surface area contributed by atoms with Crippen molar-refractivity contribution in [3.8, 4) is 0 Å². The number of carbonyl (C=O) groups is 2. The van der Waals surface area contributed by atoms with E-state index < -0.39 is 0 Å². The molecule has 8 heteroatoms. The molecule has 8 nitrogen and oxygen atoms in total. The van der Waals surface area contributed by atoms with Crippen LogP contribution in [0.3, 0.4) is 0 Å². The van der Waals surface area contributed by atoms with Crippen molar-refractivity contribution < 1.29 is 14.3 Å². The summed E-state index contributed by atoms with van der Waals surface area (Å²) in [4.78, 5) is 40.1. The number of para-hydroxylation sites is 2. The monoisotopic (exact) mass is 456 g/mol. The van der Waals surface area contributed by atoms with Crippen LogP contribution in [0.25, 0.3) is 11.0 Å². The molecule has 2 aromatic rings. The van der Waals surface area contributed by atoms with Crippen LogP contribution in [0.15, 0.2) is 29.1 Å². The third-order valence-electron chi connectivity index (χ3n) is 7.34. The van der Waals surface area contributed by atoms with E-state index in [0.29, 0.717) is 23.9 Å². The Balaban J connectivity index is 1.29. The number of rotatable bonds is 6. The molecule has 1 aromatic carbocycles. The number of fused-ring (bicyclic) bond motifs is 1. The van der Waals surface area contributed by atoms with Crippen molar-refractivity contribution in [3.63, 3.8) is 0 Å². The van der Waals surface area contributed by atoms with Gasteiger partial charge in [0.2, 0.25) is 0 Å². The van der Waals surface area contributed by atoms with Crippen LogP contribution in [0, 0.1) is 17.8 Å². The number of nitrogens with one attached hydrogen (secondary N) is 1. The van der Waals surface area contributed by atoms with Gasteiger partial charge in [-0.3, -0.25) is 9.36 Å². The molecule has 4 rings (SSSR count). The van der Waals surface area contributed by atoms with Crippen molar-refractivity contribution in [2.24, 2.45) is 17.8 Å². The smallest absolute Gasteiger partial charge is 0.337 e. The van der Waals surface area contributed by atoms with Gasteiger partial charge in [-0.05, 0) is 83.0 Å². The third kappa shape index (κ3) is 5.00. The van der Waals surface area contributed by atoms with Crippen LogP contribution in [0.2, 0.25) is 0 Å². The highest BCUT2D eigenvalue weighted by molar-refractivity contribution is 5.89. The minimum Gasteiger partial charge on any atom is -0.469 e.